The summed E-state index contributed by atoms with van der Waals surface area (Å²) in [5, 5.41) is 6.11. The van der Waals surface area contributed by atoms with Crippen LogP contribution in [0, 0.1) is 6.92 Å². The quantitative estimate of drug-likeness (QED) is 0.701. The number of hydrogen-bond acceptors (Lipinski definition) is 4. The molecule has 1 amide bonds. The van der Waals surface area contributed by atoms with Crippen LogP contribution < -0.4 is 10.6 Å². The number of aromatic nitrogens is 2. The van der Waals surface area contributed by atoms with Crippen LogP contribution in [0.25, 0.3) is 0 Å². The van der Waals surface area contributed by atoms with E-state index in [0.717, 1.165) is 23.2 Å². The number of aryl methyl sites for hydroxylation is 2. The van der Waals surface area contributed by atoms with E-state index in [9.17, 15) is 4.79 Å². The monoisotopic (exact) mass is 346 g/mol. The highest BCUT2D eigenvalue weighted by molar-refractivity contribution is 6.03. The van der Waals surface area contributed by atoms with Gasteiger partial charge in [0.25, 0.3) is 5.91 Å². The number of para-hydroxylation sites is 1. The number of benzene rings is 2. The van der Waals surface area contributed by atoms with Gasteiger partial charge in [-0.25, -0.2) is 9.97 Å². The SMILES string of the molecule is CCc1ccccc1NC(=O)c1cnc(NCc2ccc(C)cc2)cn1. The lowest BCUT2D eigenvalue weighted by molar-refractivity contribution is 0.102. The predicted octanol–water partition coefficient (Wildman–Crippen LogP) is 4.21. The molecule has 0 atom stereocenters. The third-order valence-electron chi connectivity index (χ3n) is 4.13. The van der Waals surface area contributed by atoms with Gasteiger partial charge in [-0.15, -0.1) is 0 Å². The van der Waals surface area contributed by atoms with Gasteiger partial charge in [0.2, 0.25) is 0 Å². The molecule has 5 heteroatoms. The summed E-state index contributed by atoms with van der Waals surface area (Å²) in [6, 6.07) is 16.0. The highest BCUT2D eigenvalue weighted by Gasteiger charge is 2.10. The molecule has 26 heavy (non-hydrogen) atoms. The molecule has 1 aromatic heterocycles. The van der Waals surface area contributed by atoms with Gasteiger partial charge in [-0.05, 0) is 30.5 Å². The van der Waals surface area contributed by atoms with Gasteiger partial charge in [-0.2, -0.15) is 0 Å². The first-order valence-corrected chi connectivity index (χ1v) is 8.66. The molecule has 3 aromatic rings. The average Bonchev–Trinajstić information content (AvgIpc) is 2.68. The molecule has 132 valence electrons. The first kappa shape index (κ1) is 17.6. The minimum Gasteiger partial charge on any atom is -0.365 e. The summed E-state index contributed by atoms with van der Waals surface area (Å²) in [6.07, 6.45) is 3.92. The molecule has 0 spiro atoms. The van der Waals surface area contributed by atoms with Crippen molar-refractivity contribution in [1.82, 2.24) is 9.97 Å². The smallest absolute Gasteiger partial charge is 0.275 e. The maximum absolute atomic E-state index is 12.4. The van der Waals surface area contributed by atoms with Crippen molar-refractivity contribution in [1.29, 1.82) is 0 Å². The van der Waals surface area contributed by atoms with Crippen LogP contribution in [-0.4, -0.2) is 15.9 Å². The maximum Gasteiger partial charge on any atom is 0.275 e. The molecule has 0 aliphatic carbocycles. The number of anilines is 2. The fourth-order valence-electron chi connectivity index (χ4n) is 2.57. The maximum atomic E-state index is 12.4. The second kappa shape index (κ2) is 8.25. The Morgan fingerprint density at radius 3 is 2.46 bits per heavy atom. The summed E-state index contributed by atoms with van der Waals surface area (Å²) < 4.78 is 0. The molecule has 0 fully saturated rings. The van der Waals surface area contributed by atoms with Crippen LogP contribution in [0.15, 0.2) is 60.9 Å². The van der Waals surface area contributed by atoms with Crippen LogP contribution in [0.1, 0.15) is 34.1 Å². The number of nitrogens with one attached hydrogen (secondary N) is 2. The molecule has 0 radical (unpaired) electrons. The van der Waals surface area contributed by atoms with E-state index in [1.54, 1.807) is 6.20 Å². The van der Waals surface area contributed by atoms with Crippen molar-refractivity contribution >= 4 is 17.4 Å². The van der Waals surface area contributed by atoms with Gasteiger partial charge in [-0.3, -0.25) is 4.79 Å². The van der Waals surface area contributed by atoms with Crippen LogP contribution in [0.3, 0.4) is 0 Å². The molecule has 0 unspecified atom stereocenters. The van der Waals surface area contributed by atoms with Crippen molar-refractivity contribution in [2.45, 2.75) is 26.8 Å². The Morgan fingerprint density at radius 1 is 1.00 bits per heavy atom. The van der Waals surface area contributed by atoms with E-state index in [4.69, 9.17) is 0 Å². The van der Waals surface area contributed by atoms with Crippen molar-refractivity contribution in [3.8, 4) is 0 Å². The van der Waals surface area contributed by atoms with Crippen LogP contribution in [0.2, 0.25) is 0 Å². The highest BCUT2D eigenvalue weighted by atomic mass is 16.1. The standard InChI is InChI=1S/C21H22N4O/c1-3-17-6-4-5-7-18(17)25-21(26)19-13-24-20(14-22-19)23-12-16-10-8-15(2)9-11-16/h4-11,13-14H,3,12H2,1-2H3,(H,23,24)(H,25,26). The molecule has 5 nitrogen and oxygen atoms in total. The van der Waals surface area contributed by atoms with E-state index in [2.05, 4.69) is 58.7 Å². The predicted molar refractivity (Wildman–Crippen MR) is 104 cm³/mol. The molecule has 3 rings (SSSR count). The van der Waals surface area contributed by atoms with Crippen molar-refractivity contribution in [2.75, 3.05) is 10.6 Å². The number of rotatable bonds is 6. The van der Waals surface area contributed by atoms with Crippen LogP contribution in [0.5, 0.6) is 0 Å². The van der Waals surface area contributed by atoms with Crippen molar-refractivity contribution in [3.63, 3.8) is 0 Å². The number of nitrogens with zero attached hydrogens (tertiary/aromatic N) is 2. The Labute approximate surface area is 153 Å². The molecular formula is C21H22N4O. The third kappa shape index (κ3) is 4.45. The first-order valence-electron chi connectivity index (χ1n) is 8.66. The normalized spacial score (nSPS) is 10.4. The lowest BCUT2D eigenvalue weighted by Crippen LogP contribution is -2.15. The van der Waals surface area contributed by atoms with Gasteiger partial charge >= 0.3 is 0 Å². The van der Waals surface area contributed by atoms with E-state index in [-0.39, 0.29) is 11.6 Å². The fourth-order valence-corrected chi connectivity index (χ4v) is 2.57. The number of amides is 1. The number of hydrogen-bond donors (Lipinski definition) is 2. The van der Waals surface area contributed by atoms with Crippen LogP contribution in [0.4, 0.5) is 11.5 Å². The zero-order valence-corrected chi connectivity index (χ0v) is 15.0. The Hall–Kier alpha value is -3.21. The van der Waals surface area contributed by atoms with E-state index >= 15 is 0 Å². The lowest BCUT2D eigenvalue weighted by Gasteiger charge is -2.10. The number of carbonyl (C=O) groups is 1. The third-order valence-corrected chi connectivity index (χ3v) is 4.13. The number of carbonyl (C=O) groups excluding carboxylic acids is 1. The summed E-state index contributed by atoms with van der Waals surface area (Å²) in [5.41, 5.74) is 4.58. The van der Waals surface area contributed by atoms with Gasteiger partial charge in [-0.1, -0.05) is 55.0 Å². The molecular weight excluding hydrogens is 324 g/mol. The first-order chi connectivity index (χ1) is 12.7. The van der Waals surface area contributed by atoms with Gasteiger partial charge in [0.05, 0.1) is 12.4 Å². The topological polar surface area (TPSA) is 66.9 Å². The van der Waals surface area contributed by atoms with Crippen LogP contribution in [-0.2, 0) is 13.0 Å². The Morgan fingerprint density at radius 2 is 1.77 bits per heavy atom. The van der Waals surface area contributed by atoms with E-state index in [0.29, 0.717) is 12.4 Å². The molecule has 1 heterocycles. The van der Waals surface area contributed by atoms with Gasteiger partial charge in [0.15, 0.2) is 0 Å². The van der Waals surface area contributed by atoms with Crippen molar-refractivity contribution < 1.29 is 4.79 Å². The minimum absolute atomic E-state index is 0.261. The summed E-state index contributed by atoms with van der Waals surface area (Å²) in [6.45, 7) is 4.77. The van der Waals surface area contributed by atoms with Crippen molar-refractivity contribution in [2.24, 2.45) is 0 Å². The van der Waals surface area contributed by atoms with Crippen LogP contribution >= 0.6 is 0 Å². The lowest BCUT2D eigenvalue weighted by atomic mass is 10.1. The molecule has 0 bridgehead atoms. The zero-order valence-electron chi connectivity index (χ0n) is 15.0. The Bertz CT molecular complexity index is 873. The van der Waals surface area contributed by atoms with Gasteiger partial charge in [0, 0.05) is 12.2 Å². The summed E-state index contributed by atoms with van der Waals surface area (Å²) in [4.78, 5) is 20.9. The van der Waals surface area contributed by atoms with E-state index in [1.807, 2.05) is 24.3 Å². The second-order valence-electron chi connectivity index (χ2n) is 6.09. The molecule has 2 N–H and O–H groups in total. The fraction of sp³-hybridized carbons (Fsp3) is 0.190. The average molecular weight is 346 g/mol. The summed E-state index contributed by atoms with van der Waals surface area (Å²) in [7, 11) is 0. The Kier molecular flexibility index (Phi) is 5.59. The minimum atomic E-state index is -0.261. The molecule has 0 aliphatic heterocycles. The molecule has 0 saturated carbocycles. The van der Waals surface area contributed by atoms with Gasteiger partial charge < -0.3 is 10.6 Å². The largest absolute Gasteiger partial charge is 0.365 e. The molecule has 0 aliphatic rings. The zero-order chi connectivity index (χ0) is 18.4. The van der Waals surface area contributed by atoms with Gasteiger partial charge in [0.1, 0.15) is 11.5 Å². The van der Waals surface area contributed by atoms with E-state index in [1.165, 1.54) is 11.8 Å². The second-order valence-corrected chi connectivity index (χ2v) is 6.09. The Balaban J connectivity index is 1.61. The summed E-state index contributed by atoms with van der Waals surface area (Å²) in [5.74, 6) is 0.375. The van der Waals surface area contributed by atoms with Crippen molar-refractivity contribution in [3.05, 3.63) is 83.3 Å². The van der Waals surface area contributed by atoms with E-state index < -0.39 is 0 Å². The highest BCUT2D eigenvalue weighted by Crippen LogP contribution is 2.16. The summed E-state index contributed by atoms with van der Waals surface area (Å²) >= 11 is 0. The molecule has 0 saturated heterocycles. The molecule has 2 aromatic carbocycles.